The molecule has 11 nitrogen and oxygen atoms in total. The van der Waals surface area contributed by atoms with E-state index >= 15 is 0 Å². The first-order chi connectivity index (χ1) is 20.1. The fourth-order valence-corrected chi connectivity index (χ4v) is 4.99. The number of aryl methyl sites for hydroxylation is 1. The van der Waals surface area contributed by atoms with E-state index in [2.05, 4.69) is 41.7 Å². The number of methoxy groups -OCH3 is 1. The Hall–Kier alpha value is -4.29. The molecule has 0 spiro atoms. The predicted octanol–water partition coefficient (Wildman–Crippen LogP) is 4.38. The Bertz CT molecular complexity index is 1520. The molecule has 1 aliphatic heterocycles. The number of benzene rings is 2. The van der Waals surface area contributed by atoms with Crippen LogP contribution in [-0.4, -0.2) is 54.4 Å². The van der Waals surface area contributed by atoms with Crippen molar-refractivity contribution in [3.05, 3.63) is 86.8 Å². The molecule has 42 heavy (non-hydrogen) atoms. The van der Waals surface area contributed by atoms with Gasteiger partial charge in [0.15, 0.2) is 17.7 Å². The van der Waals surface area contributed by atoms with Crippen LogP contribution in [0.2, 0.25) is 0 Å². The molecule has 4 rings (SSSR count). The number of carbonyl (C=O) groups is 2. The largest absolute Gasteiger partial charge is 0.490 e. The summed E-state index contributed by atoms with van der Waals surface area (Å²) >= 11 is 3.47. The van der Waals surface area contributed by atoms with Crippen molar-refractivity contribution in [3.63, 3.8) is 0 Å². The Balaban J connectivity index is 1.43. The molecule has 2 heterocycles. The van der Waals surface area contributed by atoms with E-state index in [4.69, 9.17) is 14.2 Å². The van der Waals surface area contributed by atoms with Crippen molar-refractivity contribution in [3.8, 4) is 17.2 Å². The number of ether oxygens (including phenoxy) is 3. The van der Waals surface area contributed by atoms with Gasteiger partial charge in [-0.3, -0.25) is 5.43 Å². The van der Waals surface area contributed by atoms with Crippen LogP contribution < -0.4 is 25.5 Å². The van der Waals surface area contributed by atoms with Crippen LogP contribution in [0.1, 0.15) is 42.4 Å². The van der Waals surface area contributed by atoms with E-state index in [9.17, 15) is 14.7 Å². The molecule has 12 heteroatoms. The number of hydrogen-bond donors (Lipinski definition) is 4. The number of aliphatic hydroxyl groups excluding tert-OH is 1. The summed E-state index contributed by atoms with van der Waals surface area (Å²) in [6, 6.07) is 14.0. The highest BCUT2D eigenvalue weighted by Gasteiger charge is 2.32. The maximum absolute atomic E-state index is 12.4. The molecule has 1 aromatic heterocycles. The second-order valence-electron chi connectivity index (χ2n) is 9.55. The Labute approximate surface area is 252 Å². The van der Waals surface area contributed by atoms with E-state index in [1.54, 1.807) is 31.3 Å². The summed E-state index contributed by atoms with van der Waals surface area (Å²) in [5.41, 5.74) is 7.99. The molecule has 0 saturated heterocycles. The lowest BCUT2D eigenvalue weighted by molar-refractivity contribution is -0.136. The fraction of sp³-hybridized carbons (Fsp3) is 0.300. The maximum Gasteiger partial charge on any atom is 0.337 e. The number of aliphatic hydroxyl groups is 1. The number of halogens is 1. The zero-order chi connectivity index (χ0) is 30.4. The molecule has 2 atom stereocenters. The van der Waals surface area contributed by atoms with Crippen molar-refractivity contribution in [1.82, 2.24) is 20.6 Å². The van der Waals surface area contributed by atoms with Crippen molar-refractivity contribution in [2.75, 3.05) is 20.3 Å². The lowest BCUT2D eigenvalue weighted by Gasteiger charge is -2.28. The number of nitrogens with one attached hydrogen (secondary N) is 3. The van der Waals surface area contributed by atoms with Crippen LogP contribution in [0.3, 0.4) is 0 Å². The summed E-state index contributed by atoms with van der Waals surface area (Å²) in [7, 11) is 1.28. The summed E-state index contributed by atoms with van der Waals surface area (Å²) in [5.74, 6) is 0.207. The van der Waals surface area contributed by atoms with Crippen LogP contribution in [0.15, 0.2) is 69.4 Å². The zero-order valence-corrected chi connectivity index (χ0v) is 25.6. The molecule has 222 valence electrons. The van der Waals surface area contributed by atoms with E-state index in [0.717, 1.165) is 27.1 Å². The van der Waals surface area contributed by atoms with Gasteiger partial charge in [-0.2, -0.15) is 5.10 Å². The topological polar surface area (TPSA) is 135 Å². The number of hydrazone groups is 1. The van der Waals surface area contributed by atoms with Gasteiger partial charge in [-0.05, 0) is 75.7 Å². The highest BCUT2D eigenvalue weighted by Crippen LogP contribution is 2.35. The summed E-state index contributed by atoms with van der Waals surface area (Å²) in [4.78, 5) is 24.6. The third kappa shape index (κ3) is 6.94. The molecule has 2 aromatic carbocycles. The second kappa shape index (κ2) is 13.6. The van der Waals surface area contributed by atoms with Crippen LogP contribution in [0.5, 0.6) is 11.5 Å². The minimum absolute atomic E-state index is 0.120. The van der Waals surface area contributed by atoms with Crippen LogP contribution in [0.25, 0.3) is 5.69 Å². The molecule has 3 aromatic rings. The minimum Gasteiger partial charge on any atom is -0.490 e. The molecular weight excluding hydrogens is 606 g/mol. The number of aromatic nitrogens is 1. The van der Waals surface area contributed by atoms with E-state index in [0.29, 0.717) is 29.4 Å². The van der Waals surface area contributed by atoms with E-state index < -0.39 is 24.3 Å². The van der Waals surface area contributed by atoms with Crippen molar-refractivity contribution >= 4 is 34.1 Å². The first kappa shape index (κ1) is 30.7. The first-order valence-electron chi connectivity index (χ1n) is 13.3. The van der Waals surface area contributed by atoms with Gasteiger partial charge >= 0.3 is 12.0 Å². The van der Waals surface area contributed by atoms with E-state index in [1.807, 2.05) is 51.1 Å². The smallest absolute Gasteiger partial charge is 0.337 e. The third-order valence-corrected chi connectivity index (χ3v) is 7.18. The van der Waals surface area contributed by atoms with E-state index in [-0.39, 0.29) is 12.2 Å². The summed E-state index contributed by atoms with van der Waals surface area (Å²) in [5, 5.41) is 20.0. The van der Waals surface area contributed by atoms with E-state index in [1.165, 1.54) is 7.11 Å². The monoisotopic (exact) mass is 639 g/mol. The summed E-state index contributed by atoms with van der Waals surface area (Å²) in [6.45, 7) is 7.72. The Morgan fingerprint density at radius 3 is 2.57 bits per heavy atom. The summed E-state index contributed by atoms with van der Waals surface area (Å²) < 4.78 is 19.6. The van der Waals surface area contributed by atoms with Crippen LogP contribution in [0, 0.1) is 13.8 Å². The van der Waals surface area contributed by atoms with Gasteiger partial charge < -0.3 is 34.5 Å². The Morgan fingerprint density at radius 1 is 1.14 bits per heavy atom. The lowest BCUT2D eigenvalue weighted by atomic mass is 9.95. The van der Waals surface area contributed by atoms with Gasteiger partial charge in [-0.25, -0.2) is 9.59 Å². The molecular formula is C30H34BrN5O6. The van der Waals surface area contributed by atoms with Gasteiger partial charge in [0.05, 0.1) is 31.5 Å². The number of carbonyl (C=O) groups excluding carboxylic acids is 2. The van der Waals surface area contributed by atoms with Gasteiger partial charge in [0.1, 0.15) is 6.61 Å². The van der Waals surface area contributed by atoms with Gasteiger partial charge in [0.25, 0.3) is 0 Å². The Kier molecular flexibility index (Phi) is 9.92. The SMILES string of the molecule is CCOc1cc([C@H]2NC(=O)NC(C)=C2C(=O)OC)ccc1OC[C@H](O)N/N=C/c1cc(C)n(-c2ccc(Br)cc2)c1C. The molecule has 4 N–H and O–H groups in total. The van der Waals surface area contributed by atoms with Crippen molar-refractivity contribution in [2.45, 2.75) is 40.0 Å². The Morgan fingerprint density at radius 2 is 1.88 bits per heavy atom. The van der Waals surface area contributed by atoms with Crippen LogP contribution in [-0.2, 0) is 9.53 Å². The zero-order valence-electron chi connectivity index (χ0n) is 24.0. The highest BCUT2D eigenvalue weighted by molar-refractivity contribution is 9.10. The molecule has 0 saturated carbocycles. The standard InChI is InChI=1S/C30H34BrN5O6/c1-6-41-25-14-20(28-27(29(38)40-5)18(3)33-30(39)34-28)7-12-24(25)42-16-26(37)35-32-15-21-13-17(2)36(19(21)4)23-10-8-22(31)9-11-23/h7-15,26,28,35,37H,6,16H2,1-5H3,(H2,33,34,39)/b32-15+/t26-,28+/m0/s1. The number of hydrogen-bond acceptors (Lipinski definition) is 8. The second-order valence-corrected chi connectivity index (χ2v) is 10.5. The molecule has 1 aliphatic rings. The number of rotatable bonds is 11. The van der Waals surface area contributed by atoms with Crippen LogP contribution >= 0.6 is 15.9 Å². The number of esters is 1. The molecule has 0 radical (unpaired) electrons. The number of urea groups is 1. The van der Waals surface area contributed by atoms with Crippen molar-refractivity contribution < 1.29 is 28.9 Å². The molecule has 0 unspecified atom stereocenters. The number of allylic oxidation sites excluding steroid dienone is 1. The number of amides is 2. The maximum atomic E-state index is 12.4. The molecule has 0 aliphatic carbocycles. The summed E-state index contributed by atoms with van der Waals surface area (Å²) in [6.07, 6.45) is 0.550. The van der Waals surface area contributed by atoms with Crippen molar-refractivity contribution in [2.24, 2.45) is 5.10 Å². The predicted molar refractivity (Wildman–Crippen MR) is 162 cm³/mol. The van der Waals surface area contributed by atoms with Gasteiger partial charge in [0.2, 0.25) is 0 Å². The average molecular weight is 641 g/mol. The van der Waals surface area contributed by atoms with Gasteiger partial charge in [0, 0.05) is 32.8 Å². The molecule has 2 amide bonds. The first-order valence-corrected chi connectivity index (χ1v) is 14.1. The normalized spacial score (nSPS) is 15.7. The van der Waals surface area contributed by atoms with Crippen LogP contribution in [0.4, 0.5) is 4.79 Å². The minimum atomic E-state index is -1.11. The lowest BCUT2D eigenvalue weighted by Crippen LogP contribution is -2.45. The fourth-order valence-electron chi connectivity index (χ4n) is 4.72. The third-order valence-electron chi connectivity index (χ3n) is 6.65. The number of nitrogens with zero attached hydrogens (tertiary/aromatic N) is 2. The highest BCUT2D eigenvalue weighted by atomic mass is 79.9. The van der Waals surface area contributed by atoms with Crippen molar-refractivity contribution in [1.29, 1.82) is 0 Å². The van der Waals surface area contributed by atoms with Gasteiger partial charge in [-0.15, -0.1) is 0 Å². The quantitative estimate of drug-likeness (QED) is 0.106. The average Bonchev–Trinajstić information content (AvgIpc) is 3.24. The molecule has 0 bridgehead atoms. The van der Waals surface area contributed by atoms with Gasteiger partial charge in [-0.1, -0.05) is 22.0 Å². The molecule has 0 fully saturated rings.